The second kappa shape index (κ2) is 5.62. The van der Waals surface area contributed by atoms with Gasteiger partial charge in [0.25, 0.3) is 0 Å². The van der Waals surface area contributed by atoms with Crippen LogP contribution in [0.3, 0.4) is 0 Å². The second-order valence-corrected chi connectivity index (χ2v) is 4.77. The molecule has 1 rings (SSSR count). The maximum Gasteiger partial charge on any atom is 0.416 e. The number of thioether (sulfide) groups is 1. The summed E-state index contributed by atoms with van der Waals surface area (Å²) in [6.07, 6.45) is -2.16. The Bertz CT molecular complexity index is 345. The van der Waals surface area contributed by atoms with Gasteiger partial charge >= 0.3 is 6.18 Å². The molecule has 0 unspecified atom stereocenters. The van der Waals surface area contributed by atoms with Crippen LogP contribution < -0.4 is 0 Å². The highest BCUT2D eigenvalue weighted by molar-refractivity contribution is 7.99. The third kappa shape index (κ3) is 3.44. The van der Waals surface area contributed by atoms with E-state index >= 15 is 0 Å². The molecule has 90 valence electrons. The molecule has 4 heteroatoms. The van der Waals surface area contributed by atoms with Gasteiger partial charge in [-0.3, -0.25) is 0 Å². The standard InChI is InChI=1S/C12H15F3S/c1-3-4-8-16-11-7-5-6-10(9(11)2)12(13,14)15/h5-7H,3-4,8H2,1-2H3. The van der Waals surface area contributed by atoms with E-state index in [1.54, 1.807) is 6.07 Å². The summed E-state index contributed by atoms with van der Waals surface area (Å²) in [4.78, 5) is 0.739. The number of benzene rings is 1. The Morgan fingerprint density at radius 3 is 2.50 bits per heavy atom. The van der Waals surface area contributed by atoms with E-state index in [0.717, 1.165) is 29.6 Å². The first-order chi connectivity index (χ1) is 7.46. The van der Waals surface area contributed by atoms with E-state index in [2.05, 4.69) is 6.92 Å². The Balaban J connectivity index is 2.87. The normalized spacial score (nSPS) is 11.8. The molecule has 0 saturated carbocycles. The summed E-state index contributed by atoms with van der Waals surface area (Å²) >= 11 is 1.50. The summed E-state index contributed by atoms with van der Waals surface area (Å²) in [5.41, 5.74) is -0.176. The molecular weight excluding hydrogens is 233 g/mol. The zero-order chi connectivity index (χ0) is 12.2. The Labute approximate surface area is 98.2 Å². The minimum Gasteiger partial charge on any atom is -0.166 e. The number of alkyl halides is 3. The van der Waals surface area contributed by atoms with Crippen molar-refractivity contribution in [3.63, 3.8) is 0 Å². The van der Waals surface area contributed by atoms with Gasteiger partial charge in [0, 0.05) is 4.90 Å². The molecule has 1 aromatic carbocycles. The first-order valence-corrected chi connectivity index (χ1v) is 6.25. The lowest BCUT2D eigenvalue weighted by Crippen LogP contribution is -2.07. The largest absolute Gasteiger partial charge is 0.416 e. The van der Waals surface area contributed by atoms with Gasteiger partial charge in [0.15, 0.2) is 0 Å². The quantitative estimate of drug-likeness (QED) is 0.539. The molecule has 0 aromatic heterocycles. The summed E-state index contributed by atoms with van der Waals surface area (Å²) in [5, 5.41) is 0. The van der Waals surface area contributed by atoms with Gasteiger partial charge in [-0.1, -0.05) is 19.4 Å². The zero-order valence-electron chi connectivity index (χ0n) is 9.40. The first-order valence-electron chi connectivity index (χ1n) is 5.26. The topological polar surface area (TPSA) is 0 Å². The maximum absolute atomic E-state index is 12.6. The van der Waals surface area contributed by atoms with Crippen molar-refractivity contribution in [2.24, 2.45) is 0 Å². The average molecular weight is 248 g/mol. The van der Waals surface area contributed by atoms with Crippen LogP contribution in [0.15, 0.2) is 23.1 Å². The molecule has 0 saturated heterocycles. The SMILES string of the molecule is CCCCSc1cccc(C(F)(F)F)c1C. The van der Waals surface area contributed by atoms with Crippen LogP contribution in [0.4, 0.5) is 13.2 Å². The van der Waals surface area contributed by atoms with Crippen LogP contribution in [0.1, 0.15) is 30.9 Å². The molecule has 0 aliphatic heterocycles. The molecule has 0 nitrogen and oxygen atoms in total. The molecular formula is C12H15F3S. The van der Waals surface area contributed by atoms with Crippen molar-refractivity contribution in [2.75, 3.05) is 5.75 Å². The molecule has 0 N–H and O–H groups in total. The van der Waals surface area contributed by atoms with Gasteiger partial charge in [0.05, 0.1) is 5.56 Å². The van der Waals surface area contributed by atoms with Crippen LogP contribution in [0.25, 0.3) is 0 Å². The second-order valence-electron chi connectivity index (χ2n) is 3.63. The maximum atomic E-state index is 12.6. The van der Waals surface area contributed by atoms with Crippen molar-refractivity contribution in [2.45, 2.75) is 37.8 Å². The smallest absolute Gasteiger partial charge is 0.166 e. The zero-order valence-corrected chi connectivity index (χ0v) is 10.2. The molecule has 1 aromatic rings. The van der Waals surface area contributed by atoms with E-state index in [4.69, 9.17) is 0 Å². The lowest BCUT2D eigenvalue weighted by Gasteiger charge is -2.13. The van der Waals surface area contributed by atoms with E-state index in [-0.39, 0.29) is 0 Å². The number of hydrogen-bond acceptors (Lipinski definition) is 1. The van der Waals surface area contributed by atoms with Crippen LogP contribution in [-0.2, 0) is 6.18 Å². The number of unbranched alkanes of at least 4 members (excludes halogenated alkanes) is 1. The fourth-order valence-corrected chi connectivity index (χ4v) is 2.56. The van der Waals surface area contributed by atoms with Crippen LogP contribution in [0.2, 0.25) is 0 Å². The predicted octanol–water partition coefficient (Wildman–Crippen LogP) is 4.91. The highest BCUT2D eigenvalue weighted by Crippen LogP contribution is 2.35. The van der Waals surface area contributed by atoms with E-state index in [1.807, 2.05) is 0 Å². The van der Waals surface area contributed by atoms with E-state index in [1.165, 1.54) is 24.8 Å². The van der Waals surface area contributed by atoms with Gasteiger partial charge in [-0.15, -0.1) is 11.8 Å². The molecule has 16 heavy (non-hydrogen) atoms. The highest BCUT2D eigenvalue weighted by Gasteiger charge is 2.32. The van der Waals surface area contributed by atoms with E-state index in [0.29, 0.717) is 5.56 Å². The molecule has 0 bridgehead atoms. The Morgan fingerprint density at radius 1 is 1.25 bits per heavy atom. The molecule has 0 aliphatic rings. The lowest BCUT2D eigenvalue weighted by atomic mass is 10.1. The fraction of sp³-hybridized carbons (Fsp3) is 0.500. The Hall–Kier alpha value is -0.640. The van der Waals surface area contributed by atoms with E-state index in [9.17, 15) is 13.2 Å². The molecule has 0 heterocycles. The van der Waals surface area contributed by atoms with Crippen molar-refractivity contribution in [1.82, 2.24) is 0 Å². The first kappa shape index (κ1) is 13.4. The van der Waals surface area contributed by atoms with Gasteiger partial charge in [0.1, 0.15) is 0 Å². The van der Waals surface area contributed by atoms with Crippen LogP contribution in [0.5, 0.6) is 0 Å². The van der Waals surface area contributed by atoms with E-state index < -0.39 is 11.7 Å². The monoisotopic (exact) mass is 248 g/mol. The summed E-state index contributed by atoms with van der Waals surface area (Å²) < 4.78 is 37.8. The Kier molecular flexibility index (Phi) is 4.71. The summed E-state index contributed by atoms with van der Waals surface area (Å²) in [6, 6.07) is 4.37. The lowest BCUT2D eigenvalue weighted by molar-refractivity contribution is -0.138. The summed E-state index contributed by atoms with van der Waals surface area (Å²) in [5.74, 6) is 0.874. The van der Waals surface area contributed by atoms with Gasteiger partial charge in [0.2, 0.25) is 0 Å². The Morgan fingerprint density at radius 2 is 1.94 bits per heavy atom. The molecule has 0 fully saturated rings. The molecule has 0 aliphatic carbocycles. The summed E-state index contributed by atoms with van der Waals surface area (Å²) in [7, 11) is 0. The van der Waals surface area contributed by atoms with Crippen LogP contribution in [0, 0.1) is 6.92 Å². The fourth-order valence-electron chi connectivity index (χ4n) is 1.40. The third-order valence-electron chi connectivity index (χ3n) is 2.34. The van der Waals surface area contributed by atoms with Crippen molar-refractivity contribution in [3.8, 4) is 0 Å². The van der Waals surface area contributed by atoms with Crippen LogP contribution >= 0.6 is 11.8 Å². The highest BCUT2D eigenvalue weighted by atomic mass is 32.2. The minimum absolute atomic E-state index is 0.344. The molecule has 0 spiro atoms. The number of halogens is 3. The van der Waals surface area contributed by atoms with Gasteiger partial charge in [-0.25, -0.2) is 0 Å². The van der Waals surface area contributed by atoms with Crippen molar-refractivity contribution in [3.05, 3.63) is 29.3 Å². The molecule has 0 radical (unpaired) electrons. The predicted molar refractivity (Wildman–Crippen MR) is 61.8 cm³/mol. The summed E-state index contributed by atoms with van der Waals surface area (Å²) in [6.45, 7) is 3.61. The van der Waals surface area contributed by atoms with Gasteiger partial charge < -0.3 is 0 Å². The minimum atomic E-state index is -4.24. The van der Waals surface area contributed by atoms with Crippen molar-refractivity contribution >= 4 is 11.8 Å². The molecule has 0 atom stereocenters. The van der Waals surface area contributed by atoms with Crippen molar-refractivity contribution in [1.29, 1.82) is 0 Å². The van der Waals surface area contributed by atoms with Gasteiger partial charge in [-0.05, 0) is 36.8 Å². The molecule has 0 amide bonds. The van der Waals surface area contributed by atoms with Crippen molar-refractivity contribution < 1.29 is 13.2 Å². The van der Waals surface area contributed by atoms with Crippen LogP contribution in [-0.4, -0.2) is 5.75 Å². The number of hydrogen-bond donors (Lipinski definition) is 0. The average Bonchev–Trinajstić information content (AvgIpc) is 2.19. The number of rotatable bonds is 4. The third-order valence-corrected chi connectivity index (χ3v) is 3.59. The van der Waals surface area contributed by atoms with Gasteiger partial charge in [-0.2, -0.15) is 13.2 Å².